The zero-order valence-corrected chi connectivity index (χ0v) is 18.2. The van der Waals surface area contributed by atoms with Crippen molar-refractivity contribution in [1.29, 1.82) is 0 Å². The first-order valence-electron chi connectivity index (χ1n) is 10.4. The van der Waals surface area contributed by atoms with Gasteiger partial charge >= 0.3 is 6.18 Å². The second-order valence-corrected chi connectivity index (χ2v) is 7.53. The van der Waals surface area contributed by atoms with Crippen LogP contribution in [0.4, 0.5) is 13.2 Å². The van der Waals surface area contributed by atoms with E-state index in [0.717, 1.165) is 12.1 Å². The van der Waals surface area contributed by atoms with Crippen molar-refractivity contribution in [1.82, 2.24) is 10.3 Å². The molecule has 2 atom stereocenters. The van der Waals surface area contributed by atoms with E-state index in [2.05, 4.69) is 10.3 Å². The molecule has 0 saturated heterocycles. The van der Waals surface area contributed by atoms with Gasteiger partial charge in [-0.2, -0.15) is 13.2 Å². The number of aliphatic hydroxyl groups is 4. The Bertz CT molecular complexity index is 1150. The third-order valence-electron chi connectivity index (χ3n) is 4.92. The Labute approximate surface area is 198 Å². The number of rotatable bonds is 9. The fourth-order valence-electron chi connectivity index (χ4n) is 3.06. The first-order valence-corrected chi connectivity index (χ1v) is 10.4. The van der Waals surface area contributed by atoms with Crippen LogP contribution in [0.1, 0.15) is 27.7 Å². The Morgan fingerprint density at radius 3 is 2.34 bits per heavy atom. The van der Waals surface area contributed by atoms with Crippen LogP contribution in [0.3, 0.4) is 0 Å². The van der Waals surface area contributed by atoms with Crippen molar-refractivity contribution in [3.05, 3.63) is 77.5 Å². The number of aliphatic hydroxyl groups excluding tert-OH is 4. The van der Waals surface area contributed by atoms with Crippen molar-refractivity contribution in [3.63, 3.8) is 0 Å². The van der Waals surface area contributed by atoms with Gasteiger partial charge in [-0.1, -0.05) is 6.07 Å². The van der Waals surface area contributed by atoms with Crippen LogP contribution in [-0.4, -0.2) is 57.2 Å². The van der Waals surface area contributed by atoms with E-state index >= 15 is 0 Å². The van der Waals surface area contributed by atoms with Gasteiger partial charge in [0.05, 0.1) is 41.8 Å². The number of ether oxygens (including phenoxy) is 1. The molecule has 186 valence electrons. The van der Waals surface area contributed by atoms with Crippen LogP contribution in [-0.2, 0) is 6.18 Å². The van der Waals surface area contributed by atoms with E-state index in [9.17, 15) is 28.2 Å². The lowest BCUT2D eigenvalue weighted by atomic mass is 10.1. The van der Waals surface area contributed by atoms with E-state index in [1.165, 1.54) is 12.1 Å². The molecule has 0 aliphatic carbocycles. The summed E-state index contributed by atoms with van der Waals surface area (Å²) in [7, 11) is 0. The van der Waals surface area contributed by atoms with Gasteiger partial charge in [0, 0.05) is 12.1 Å². The van der Waals surface area contributed by atoms with E-state index < -0.39 is 48.6 Å². The molecule has 0 bridgehead atoms. The molecule has 1 heterocycles. The summed E-state index contributed by atoms with van der Waals surface area (Å²) in [4.78, 5) is 16.8. The number of amides is 1. The number of nitrogens with one attached hydrogen (secondary N) is 1. The summed E-state index contributed by atoms with van der Waals surface area (Å²) in [6.45, 7) is -1.47. The molecule has 8 nitrogen and oxygen atoms in total. The molecule has 5 N–H and O–H groups in total. The number of halogens is 3. The second-order valence-electron chi connectivity index (χ2n) is 7.53. The number of nitrogens with zero attached hydrogens (tertiary/aromatic N) is 1. The summed E-state index contributed by atoms with van der Waals surface area (Å²) in [6.07, 6.45) is -7.09. The monoisotopic (exact) mass is 492 g/mol. The van der Waals surface area contributed by atoms with Gasteiger partial charge in [-0.25, -0.2) is 4.98 Å². The number of alkyl halides is 3. The van der Waals surface area contributed by atoms with Crippen LogP contribution in [0.15, 0.2) is 60.7 Å². The van der Waals surface area contributed by atoms with Crippen molar-refractivity contribution in [2.24, 2.45) is 0 Å². The highest BCUT2D eigenvalue weighted by Crippen LogP contribution is 2.34. The SMILES string of the molecule is O=C(NC[C@@H](O)CO)c1cc(C(F)(F)F)ccc1Oc1ccc(-c2cccc([C@H](O)CO)n2)cc1. The molecule has 1 aromatic heterocycles. The zero-order chi connectivity index (χ0) is 25.6. The highest BCUT2D eigenvalue weighted by Gasteiger charge is 2.32. The molecule has 35 heavy (non-hydrogen) atoms. The highest BCUT2D eigenvalue weighted by molar-refractivity contribution is 5.97. The molecule has 2 aromatic carbocycles. The Morgan fingerprint density at radius 1 is 1.00 bits per heavy atom. The summed E-state index contributed by atoms with van der Waals surface area (Å²) in [5.74, 6) is -0.837. The predicted molar refractivity (Wildman–Crippen MR) is 119 cm³/mol. The maximum absolute atomic E-state index is 13.2. The molecule has 0 fully saturated rings. The van der Waals surface area contributed by atoms with Crippen LogP contribution < -0.4 is 10.1 Å². The van der Waals surface area contributed by atoms with Crippen LogP contribution >= 0.6 is 0 Å². The first kappa shape index (κ1) is 26.1. The van der Waals surface area contributed by atoms with E-state index in [-0.39, 0.29) is 23.7 Å². The lowest BCUT2D eigenvalue weighted by Gasteiger charge is -2.15. The average Bonchev–Trinajstić information content (AvgIpc) is 2.86. The van der Waals surface area contributed by atoms with Gasteiger partial charge in [-0.3, -0.25) is 4.79 Å². The van der Waals surface area contributed by atoms with Gasteiger partial charge in [0.2, 0.25) is 0 Å². The lowest BCUT2D eigenvalue weighted by molar-refractivity contribution is -0.137. The third kappa shape index (κ3) is 6.76. The zero-order valence-electron chi connectivity index (χ0n) is 18.2. The van der Waals surface area contributed by atoms with Crippen LogP contribution in [0.25, 0.3) is 11.3 Å². The number of hydrogen-bond acceptors (Lipinski definition) is 7. The van der Waals surface area contributed by atoms with Crippen molar-refractivity contribution < 1.29 is 43.1 Å². The van der Waals surface area contributed by atoms with Crippen molar-refractivity contribution in [2.45, 2.75) is 18.4 Å². The van der Waals surface area contributed by atoms with E-state index in [1.807, 2.05) is 0 Å². The number of aromatic nitrogens is 1. The Balaban J connectivity index is 1.85. The van der Waals surface area contributed by atoms with Gasteiger partial charge in [0.1, 0.15) is 17.6 Å². The molecule has 11 heteroatoms. The molecule has 3 aromatic rings. The molecule has 1 amide bonds. The molecule has 3 rings (SSSR count). The highest BCUT2D eigenvalue weighted by atomic mass is 19.4. The molecular formula is C24H23F3N2O6. The molecule has 0 aliphatic heterocycles. The topological polar surface area (TPSA) is 132 Å². The summed E-state index contributed by atoms with van der Waals surface area (Å²) >= 11 is 0. The minimum atomic E-state index is -4.69. The summed E-state index contributed by atoms with van der Waals surface area (Å²) in [6, 6.07) is 13.7. The molecule has 0 aliphatic rings. The Hall–Kier alpha value is -3.51. The van der Waals surface area contributed by atoms with Crippen molar-refractivity contribution >= 4 is 5.91 Å². The number of carbonyl (C=O) groups is 1. The van der Waals surface area contributed by atoms with Gasteiger partial charge < -0.3 is 30.5 Å². The van der Waals surface area contributed by atoms with Crippen LogP contribution in [0.5, 0.6) is 11.5 Å². The van der Waals surface area contributed by atoms with Crippen LogP contribution in [0.2, 0.25) is 0 Å². The minimum absolute atomic E-state index is 0.145. The lowest BCUT2D eigenvalue weighted by Crippen LogP contribution is -2.34. The summed E-state index contributed by atoms with van der Waals surface area (Å²) in [5, 5.41) is 39.4. The fourth-order valence-corrected chi connectivity index (χ4v) is 3.06. The Morgan fingerprint density at radius 2 is 1.71 bits per heavy atom. The van der Waals surface area contributed by atoms with E-state index in [0.29, 0.717) is 17.3 Å². The van der Waals surface area contributed by atoms with Crippen molar-refractivity contribution in [2.75, 3.05) is 19.8 Å². The minimum Gasteiger partial charge on any atom is -0.457 e. The summed E-state index contributed by atoms with van der Waals surface area (Å²) in [5.41, 5.74) is -0.00571. The number of hydrogen-bond donors (Lipinski definition) is 5. The molecule has 0 spiro atoms. The van der Waals surface area contributed by atoms with Gasteiger partial charge in [0.15, 0.2) is 0 Å². The quantitative estimate of drug-likeness (QED) is 0.310. The van der Waals surface area contributed by atoms with E-state index in [1.54, 1.807) is 30.3 Å². The van der Waals surface area contributed by atoms with Crippen LogP contribution in [0, 0.1) is 0 Å². The standard InChI is InChI=1S/C24H23F3N2O6/c25-24(26,27)15-6-9-22(18(10-15)23(34)28-11-16(32)12-30)35-17-7-4-14(5-8-17)19-2-1-3-20(29-19)21(33)13-31/h1-10,16,21,30-33H,11-13H2,(H,28,34)/t16-,21-/m1/s1. The molecule has 0 radical (unpaired) electrons. The maximum atomic E-state index is 13.2. The number of pyridine rings is 1. The molecule has 0 saturated carbocycles. The molecular weight excluding hydrogens is 469 g/mol. The molecule has 0 unspecified atom stereocenters. The Kier molecular flexibility index (Phi) is 8.41. The average molecular weight is 492 g/mol. The van der Waals surface area contributed by atoms with E-state index in [4.69, 9.17) is 14.9 Å². The first-order chi connectivity index (χ1) is 16.6. The summed E-state index contributed by atoms with van der Waals surface area (Å²) < 4.78 is 45.2. The fraction of sp³-hybridized carbons (Fsp3) is 0.250. The van der Waals surface area contributed by atoms with Crippen molar-refractivity contribution in [3.8, 4) is 22.8 Å². The predicted octanol–water partition coefficient (Wildman–Crippen LogP) is 2.67. The number of benzene rings is 2. The van der Waals surface area contributed by atoms with Gasteiger partial charge in [-0.05, 0) is 54.6 Å². The maximum Gasteiger partial charge on any atom is 0.416 e. The smallest absolute Gasteiger partial charge is 0.416 e. The second kappa shape index (κ2) is 11.3. The third-order valence-corrected chi connectivity index (χ3v) is 4.92. The normalized spacial score (nSPS) is 13.2. The van der Waals surface area contributed by atoms with Gasteiger partial charge in [-0.15, -0.1) is 0 Å². The van der Waals surface area contributed by atoms with Gasteiger partial charge in [0.25, 0.3) is 5.91 Å². The number of carbonyl (C=O) groups excluding carboxylic acids is 1. The largest absolute Gasteiger partial charge is 0.457 e.